The monoisotopic (exact) mass is 477 g/mol. The van der Waals surface area contributed by atoms with Gasteiger partial charge in [0.15, 0.2) is 11.6 Å². The van der Waals surface area contributed by atoms with E-state index in [0.29, 0.717) is 18.5 Å². The number of halogens is 4. The molecule has 1 aromatic carbocycles. The zero-order valence-corrected chi connectivity index (χ0v) is 18.6. The molecule has 1 aliphatic rings. The van der Waals surface area contributed by atoms with Crippen molar-refractivity contribution in [3.63, 3.8) is 0 Å². The van der Waals surface area contributed by atoms with Crippen LogP contribution in [0, 0.1) is 11.6 Å². The Morgan fingerprint density at radius 2 is 2.06 bits per heavy atom. The predicted octanol–water partition coefficient (Wildman–Crippen LogP) is 3.46. The van der Waals surface area contributed by atoms with Crippen LogP contribution in [0.15, 0.2) is 24.7 Å². The maximum absolute atomic E-state index is 15.2. The van der Waals surface area contributed by atoms with Gasteiger partial charge in [-0.2, -0.15) is 4.98 Å². The minimum atomic E-state index is -1.12. The van der Waals surface area contributed by atoms with Crippen LogP contribution in [-0.4, -0.2) is 75.2 Å². The highest BCUT2D eigenvalue weighted by atomic mass is 19.1. The van der Waals surface area contributed by atoms with Crippen LogP contribution in [0.1, 0.15) is 6.42 Å². The fourth-order valence-corrected chi connectivity index (χ4v) is 4.42. The average Bonchev–Trinajstić information content (AvgIpc) is 3.36. The molecular formula is C22H23F4N7O. The molecule has 12 heteroatoms. The Bertz CT molecular complexity index is 1350. The molecule has 8 nitrogen and oxygen atoms in total. The van der Waals surface area contributed by atoms with Gasteiger partial charge < -0.3 is 19.5 Å². The SMILES string of the molecule is COc1nc(N[C@H]2CCN(C)C[C@H]2F)nn2cc(F)c(-c3cc(F)c4ncn(CCF)c4c3)c12. The van der Waals surface area contributed by atoms with Crippen molar-refractivity contribution in [1.29, 1.82) is 0 Å². The summed E-state index contributed by atoms with van der Waals surface area (Å²) in [5.74, 6) is -1.22. The van der Waals surface area contributed by atoms with Crippen molar-refractivity contribution in [3.05, 3.63) is 36.3 Å². The standard InChI is InChI=1S/C22H23F4N7O/c1-31-5-3-16(14(25)9-31)28-22-29-21(34-2)20-18(15(26)10-33(20)30-22)12-7-13(24)19-17(8-12)32(6-4-23)11-27-19/h7-8,10-11,14,16H,3-6,9H2,1-2H3,(H,28,30)/t14-,16+/m1/s1. The van der Waals surface area contributed by atoms with E-state index >= 15 is 4.39 Å². The van der Waals surface area contributed by atoms with E-state index in [0.717, 1.165) is 12.3 Å². The lowest BCUT2D eigenvalue weighted by atomic mass is 10.0. The zero-order chi connectivity index (χ0) is 24.0. The van der Waals surface area contributed by atoms with Crippen molar-refractivity contribution in [1.82, 2.24) is 29.0 Å². The molecule has 3 aromatic heterocycles. The summed E-state index contributed by atoms with van der Waals surface area (Å²) in [6.07, 6.45) is 1.90. The Kier molecular flexibility index (Phi) is 5.76. The Hall–Kier alpha value is -3.41. The van der Waals surface area contributed by atoms with E-state index in [9.17, 15) is 13.2 Å². The summed E-state index contributed by atoms with van der Waals surface area (Å²) < 4.78 is 65.4. The van der Waals surface area contributed by atoms with Crippen LogP contribution in [0.25, 0.3) is 27.7 Å². The molecule has 0 radical (unpaired) electrons. The molecule has 1 aliphatic heterocycles. The number of imidazole rings is 1. The van der Waals surface area contributed by atoms with Gasteiger partial charge in [0, 0.05) is 13.1 Å². The number of ether oxygens (including phenoxy) is 1. The van der Waals surface area contributed by atoms with Crippen molar-refractivity contribution < 1.29 is 22.3 Å². The molecule has 1 N–H and O–H groups in total. The number of nitrogens with one attached hydrogen (secondary N) is 1. The topological polar surface area (TPSA) is 72.5 Å². The number of rotatable bonds is 6. The molecule has 4 aromatic rings. The second kappa shape index (κ2) is 8.75. The third-order valence-electron chi connectivity index (χ3n) is 6.10. The summed E-state index contributed by atoms with van der Waals surface area (Å²) in [5.41, 5.74) is 0.809. The maximum atomic E-state index is 15.2. The molecule has 34 heavy (non-hydrogen) atoms. The van der Waals surface area contributed by atoms with Gasteiger partial charge in [-0.15, -0.1) is 5.10 Å². The molecule has 1 fully saturated rings. The number of hydrogen-bond donors (Lipinski definition) is 1. The lowest BCUT2D eigenvalue weighted by Crippen LogP contribution is -2.46. The normalized spacial score (nSPS) is 19.2. The lowest BCUT2D eigenvalue weighted by Gasteiger charge is -2.32. The highest BCUT2D eigenvalue weighted by Crippen LogP contribution is 2.36. The van der Waals surface area contributed by atoms with E-state index in [1.165, 1.54) is 28.6 Å². The van der Waals surface area contributed by atoms with Crippen molar-refractivity contribution in [2.24, 2.45) is 0 Å². The fraction of sp³-hybridized carbons (Fsp3) is 0.409. The van der Waals surface area contributed by atoms with Gasteiger partial charge in [-0.05, 0) is 31.2 Å². The summed E-state index contributed by atoms with van der Waals surface area (Å²) in [5, 5.41) is 7.28. The molecule has 180 valence electrons. The van der Waals surface area contributed by atoms with Gasteiger partial charge in [0.25, 0.3) is 0 Å². The molecule has 4 heterocycles. The van der Waals surface area contributed by atoms with E-state index < -0.39 is 30.5 Å². The second-order valence-corrected chi connectivity index (χ2v) is 8.36. The molecule has 0 unspecified atom stereocenters. The number of benzene rings is 1. The number of fused-ring (bicyclic) bond motifs is 2. The van der Waals surface area contributed by atoms with Crippen molar-refractivity contribution in [2.75, 3.05) is 39.2 Å². The molecule has 2 atom stereocenters. The van der Waals surface area contributed by atoms with E-state index in [-0.39, 0.29) is 47.1 Å². The number of anilines is 1. The van der Waals surface area contributed by atoms with Gasteiger partial charge in [0.05, 0.1) is 43.3 Å². The van der Waals surface area contributed by atoms with Gasteiger partial charge >= 0.3 is 0 Å². The molecule has 0 bridgehead atoms. The van der Waals surface area contributed by atoms with Gasteiger partial charge in [-0.1, -0.05) is 0 Å². The lowest BCUT2D eigenvalue weighted by molar-refractivity contribution is 0.149. The smallest absolute Gasteiger partial charge is 0.244 e. The number of hydrogen-bond acceptors (Lipinski definition) is 6. The Morgan fingerprint density at radius 1 is 1.24 bits per heavy atom. The van der Waals surface area contributed by atoms with Crippen LogP contribution in [0.3, 0.4) is 0 Å². The van der Waals surface area contributed by atoms with Gasteiger partial charge in [0.1, 0.15) is 23.9 Å². The number of alkyl halides is 2. The number of methoxy groups -OCH3 is 1. The summed E-state index contributed by atoms with van der Waals surface area (Å²) >= 11 is 0. The van der Waals surface area contributed by atoms with Gasteiger partial charge in [0.2, 0.25) is 11.8 Å². The summed E-state index contributed by atoms with van der Waals surface area (Å²) in [7, 11) is 3.22. The Labute approximate surface area is 192 Å². The Balaban J connectivity index is 1.59. The molecule has 0 spiro atoms. The number of likely N-dealkylation sites (tertiary alicyclic amines) is 1. The van der Waals surface area contributed by atoms with Gasteiger partial charge in [-0.3, -0.25) is 0 Å². The van der Waals surface area contributed by atoms with E-state index in [1.807, 2.05) is 11.9 Å². The molecule has 0 aliphatic carbocycles. The summed E-state index contributed by atoms with van der Waals surface area (Å²) in [4.78, 5) is 10.2. The number of piperidine rings is 1. The first-order valence-electron chi connectivity index (χ1n) is 10.8. The minimum absolute atomic E-state index is 0.00757. The number of aryl methyl sites for hydroxylation is 1. The van der Waals surface area contributed by atoms with Crippen LogP contribution in [-0.2, 0) is 6.54 Å². The highest BCUT2D eigenvalue weighted by Gasteiger charge is 2.29. The molecule has 5 rings (SSSR count). The quantitative estimate of drug-likeness (QED) is 0.429. The largest absolute Gasteiger partial charge is 0.479 e. The molecule has 1 saturated heterocycles. The third kappa shape index (κ3) is 3.81. The first kappa shape index (κ1) is 22.4. The first-order chi connectivity index (χ1) is 16.4. The van der Waals surface area contributed by atoms with Crippen molar-refractivity contribution in [2.45, 2.75) is 25.2 Å². The summed E-state index contributed by atoms with van der Waals surface area (Å²) in [6.45, 7) is 0.334. The molecule has 0 amide bonds. The van der Waals surface area contributed by atoms with Crippen LogP contribution >= 0.6 is 0 Å². The summed E-state index contributed by atoms with van der Waals surface area (Å²) in [6, 6.07) is 2.20. The van der Waals surface area contributed by atoms with E-state index in [1.54, 1.807) is 0 Å². The Morgan fingerprint density at radius 3 is 2.79 bits per heavy atom. The highest BCUT2D eigenvalue weighted by molar-refractivity contribution is 5.90. The van der Waals surface area contributed by atoms with E-state index in [2.05, 4.69) is 20.4 Å². The van der Waals surface area contributed by atoms with E-state index in [4.69, 9.17) is 4.74 Å². The van der Waals surface area contributed by atoms with Crippen LogP contribution in [0.4, 0.5) is 23.5 Å². The minimum Gasteiger partial charge on any atom is -0.479 e. The van der Waals surface area contributed by atoms with Crippen molar-refractivity contribution >= 4 is 22.5 Å². The first-order valence-corrected chi connectivity index (χ1v) is 10.8. The zero-order valence-electron chi connectivity index (χ0n) is 18.6. The average molecular weight is 477 g/mol. The predicted molar refractivity (Wildman–Crippen MR) is 119 cm³/mol. The van der Waals surface area contributed by atoms with Crippen LogP contribution in [0.5, 0.6) is 5.88 Å². The maximum Gasteiger partial charge on any atom is 0.244 e. The van der Waals surface area contributed by atoms with Crippen molar-refractivity contribution in [3.8, 4) is 17.0 Å². The van der Waals surface area contributed by atoms with Gasteiger partial charge in [-0.25, -0.2) is 27.1 Å². The number of nitrogens with zero attached hydrogens (tertiary/aromatic N) is 6. The van der Waals surface area contributed by atoms with Crippen LogP contribution in [0.2, 0.25) is 0 Å². The third-order valence-corrected chi connectivity index (χ3v) is 6.10. The number of aromatic nitrogens is 5. The molecular weight excluding hydrogens is 454 g/mol. The van der Waals surface area contributed by atoms with Crippen LogP contribution < -0.4 is 10.1 Å². The molecule has 0 saturated carbocycles. The second-order valence-electron chi connectivity index (χ2n) is 8.36. The fourth-order valence-electron chi connectivity index (χ4n) is 4.42.